The van der Waals surface area contributed by atoms with Crippen molar-refractivity contribution in [2.45, 2.75) is 0 Å². The molecule has 4 aromatic carbocycles. The van der Waals surface area contributed by atoms with E-state index in [0.29, 0.717) is 0 Å². The van der Waals surface area contributed by atoms with Gasteiger partial charge < -0.3 is 0 Å². The van der Waals surface area contributed by atoms with Gasteiger partial charge in [-0.15, -0.1) is 9.24 Å². The summed E-state index contributed by atoms with van der Waals surface area (Å²) in [6.45, 7) is 0. The van der Waals surface area contributed by atoms with Crippen molar-refractivity contribution >= 4 is 46.9 Å². The van der Waals surface area contributed by atoms with E-state index in [1.807, 2.05) is 0 Å². The number of benzene rings is 4. The highest BCUT2D eigenvalue weighted by Crippen LogP contribution is 2.34. The third-order valence-corrected chi connectivity index (χ3v) is 4.28. The molecule has 0 spiro atoms. The van der Waals surface area contributed by atoms with E-state index in [-0.39, 0.29) is 0 Å². The van der Waals surface area contributed by atoms with E-state index in [2.05, 4.69) is 76.0 Å². The van der Waals surface area contributed by atoms with Crippen LogP contribution < -0.4 is 5.30 Å². The molecule has 0 nitrogen and oxygen atoms in total. The summed E-state index contributed by atoms with van der Waals surface area (Å²) in [5.41, 5.74) is 0. The molecular weight excluding hydrogens is 247 g/mol. The summed E-state index contributed by atoms with van der Waals surface area (Å²) in [5.74, 6) is 0. The zero-order chi connectivity index (χ0) is 12.8. The van der Waals surface area contributed by atoms with E-state index in [0.717, 1.165) is 0 Å². The van der Waals surface area contributed by atoms with Crippen LogP contribution in [0.5, 0.6) is 0 Å². The van der Waals surface area contributed by atoms with Crippen LogP contribution in [-0.4, -0.2) is 0 Å². The van der Waals surface area contributed by atoms with Gasteiger partial charge in [0.05, 0.1) is 0 Å². The molecule has 0 saturated heterocycles. The third kappa shape index (κ3) is 1.50. The molecule has 4 rings (SSSR count). The van der Waals surface area contributed by atoms with Crippen molar-refractivity contribution in [1.82, 2.24) is 0 Å². The van der Waals surface area contributed by atoms with E-state index in [1.54, 1.807) is 0 Å². The Morgan fingerprint density at radius 3 is 1.47 bits per heavy atom. The van der Waals surface area contributed by atoms with Crippen LogP contribution in [0, 0.1) is 0 Å². The Hall–Kier alpha value is -1.91. The van der Waals surface area contributed by atoms with E-state index < -0.39 is 0 Å². The standard InChI is InChI=1S/C18H13P/c19-17-11-5-10-16-14-7-2-1-6-12(14)13-8-3-4-9-15(13)18(16)17/h1-11H,19H2. The molecule has 0 heterocycles. The summed E-state index contributed by atoms with van der Waals surface area (Å²) in [4.78, 5) is 0. The molecule has 0 bridgehead atoms. The van der Waals surface area contributed by atoms with Crippen LogP contribution in [0.4, 0.5) is 0 Å². The highest BCUT2D eigenvalue weighted by molar-refractivity contribution is 7.28. The van der Waals surface area contributed by atoms with Gasteiger partial charge in [-0.1, -0.05) is 66.7 Å². The molecule has 1 unspecified atom stereocenters. The lowest BCUT2D eigenvalue weighted by molar-refractivity contribution is 1.79. The topological polar surface area (TPSA) is 0 Å². The normalized spacial score (nSPS) is 11.4. The molecular formula is C18H13P. The van der Waals surface area contributed by atoms with Crippen molar-refractivity contribution in [3.05, 3.63) is 66.7 Å². The van der Waals surface area contributed by atoms with Crippen LogP contribution in [0.1, 0.15) is 0 Å². The lowest BCUT2D eigenvalue weighted by atomic mass is 9.94. The number of hydrogen-bond donors (Lipinski definition) is 0. The first-order valence-electron chi connectivity index (χ1n) is 6.44. The Labute approximate surface area is 114 Å². The van der Waals surface area contributed by atoms with Gasteiger partial charge in [0.1, 0.15) is 0 Å². The predicted molar refractivity (Wildman–Crippen MR) is 88.3 cm³/mol. The second kappa shape index (κ2) is 4.05. The molecule has 0 saturated carbocycles. The minimum atomic E-state index is 1.26. The van der Waals surface area contributed by atoms with Gasteiger partial charge in [-0.2, -0.15) is 0 Å². The Morgan fingerprint density at radius 2 is 0.895 bits per heavy atom. The molecule has 1 heteroatoms. The Kier molecular flexibility index (Phi) is 2.33. The van der Waals surface area contributed by atoms with Gasteiger partial charge >= 0.3 is 0 Å². The second-order valence-corrected chi connectivity index (χ2v) is 5.48. The van der Waals surface area contributed by atoms with Gasteiger partial charge in [0.25, 0.3) is 0 Å². The maximum Gasteiger partial charge on any atom is -0.00272 e. The molecule has 0 aliphatic carbocycles. The third-order valence-electron chi connectivity index (χ3n) is 3.80. The van der Waals surface area contributed by atoms with Gasteiger partial charge in [-0.25, -0.2) is 0 Å². The minimum Gasteiger partial charge on any atom is -0.105 e. The molecule has 0 aliphatic rings. The molecule has 4 aromatic rings. The molecule has 0 aromatic heterocycles. The maximum absolute atomic E-state index is 2.87. The largest absolute Gasteiger partial charge is 0.105 e. The highest BCUT2D eigenvalue weighted by Gasteiger charge is 2.08. The van der Waals surface area contributed by atoms with Crippen molar-refractivity contribution < 1.29 is 0 Å². The zero-order valence-corrected chi connectivity index (χ0v) is 11.6. The highest BCUT2D eigenvalue weighted by atomic mass is 31.0. The summed E-state index contributed by atoms with van der Waals surface area (Å²) in [6, 6.07) is 23.8. The van der Waals surface area contributed by atoms with Crippen molar-refractivity contribution in [2.24, 2.45) is 0 Å². The smallest absolute Gasteiger partial charge is 0.00272 e. The molecule has 0 fully saturated rings. The number of fused-ring (bicyclic) bond motifs is 6. The second-order valence-electron chi connectivity index (χ2n) is 4.86. The van der Waals surface area contributed by atoms with Crippen LogP contribution in [0.3, 0.4) is 0 Å². The van der Waals surface area contributed by atoms with E-state index in [9.17, 15) is 0 Å². The van der Waals surface area contributed by atoms with E-state index >= 15 is 0 Å². The fourth-order valence-electron chi connectivity index (χ4n) is 2.98. The number of hydrogen-bond acceptors (Lipinski definition) is 0. The summed E-state index contributed by atoms with van der Waals surface area (Å²) < 4.78 is 0. The van der Waals surface area contributed by atoms with Gasteiger partial charge in [0.15, 0.2) is 0 Å². The Balaban J connectivity index is 2.48. The molecule has 1 atom stereocenters. The van der Waals surface area contributed by atoms with Crippen molar-refractivity contribution in [3.63, 3.8) is 0 Å². The van der Waals surface area contributed by atoms with Gasteiger partial charge in [0, 0.05) is 0 Å². The first kappa shape index (κ1) is 11.0. The quantitative estimate of drug-likeness (QED) is 0.319. The van der Waals surface area contributed by atoms with Crippen molar-refractivity contribution in [1.29, 1.82) is 0 Å². The van der Waals surface area contributed by atoms with E-state index in [1.165, 1.54) is 37.6 Å². The number of rotatable bonds is 0. The first-order chi connectivity index (χ1) is 9.36. The van der Waals surface area contributed by atoms with Crippen molar-refractivity contribution in [3.8, 4) is 0 Å². The van der Waals surface area contributed by atoms with Crippen molar-refractivity contribution in [2.75, 3.05) is 0 Å². The SMILES string of the molecule is Pc1cccc2c3ccccc3c3ccccc3c12. The van der Waals surface area contributed by atoms with Crippen LogP contribution in [0.25, 0.3) is 32.3 Å². The summed E-state index contributed by atoms with van der Waals surface area (Å²) >= 11 is 0. The molecule has 0 N–H and O–H groups in total. The zero-order valence-electron chi connectivity index (χ0n) is 10.4. The summed E-state index contributed by atoms with van der Waals surface area (Å²) in [6.07, 6.45) is 0. The first-order valence-corrected chi connectivity index (χ1v) is 7.01. The molecule has 19 heavy (non-hydrogen) atoms. The fraction of sp³-hybridized carbons (Fsp3) is 0. The summed E-state index contributed by atoms with van der Waals surface area (Å²) in [5, 5.41) is 9.28. The lowest BCUT2D eigenvalue weighted by Crippen LogP contribution is -1.94. The maximum atomic E-state index is 2.87. The minimum absolute atomic E-state index is 1.26. The van der Waals surface area contributed by atoms with Crippen LogP contribution in [-0.2, 0) is 0 Å². The molecule has 90 valence electrons. The van der Waals surface area contributed by atoms with Crippen LogP contribution in [0.2, 0.25) is 0 Å². The average Bonchev–Trinajstić information content (AvgIpc) is 2.47. The summed E-state index contributed by atoms with van der Waals surface area (Å²) in [7, 11) is 2.87. The monoisotopic (exact) mass is 260 g/mol. The Morgan fingerprint density at radius 1 is 0.474 bits per heavy atom. The lowest BCUT2D eigenvalue weighted by Gasteiger charge is -2.11. The predicted octanol–water partition coefficient (Wildman–Crippen LogP) is 4.65. The Bertz CT molecular complexity index is 877. The molecule has 0 aliphatic heterocycles. The molecule has 0 amide bonds. The van der Waals surface area contributed by atoms with Gasteiger partial charge in [-0.05, 0) is 37.6 Å². The van der Waals surface area contributed by atoms with Crippen LogP contribution in [0.15, 0.2) is 66.7 Å². The van der Waals surface area contributed by atoms with E-state index in [4.69, 9.17) is 0 Å². The average molecular weight is 260 g/mol. The molecule has 0 radical (unpaired) electrons. The van der Waals surface area contributed by atoms with Gasteiger partial charge in [-0.3, -0.25) is 0 Å². The fourth-order valence-corrected chi connectivity index (χ4v) is 3.41. The van der Waals surface area contributed by atoms with Gasteiger partial charge in [0.2, 0.25) is 0 Å². The van der Waals surface area contributed by atoms with Crippen LogP contribution >= 0.6 is 9.24 Å².